The van der Waals surface area contributed by atoms with Crippen LogP contribution in [0.25, 0.3) is 0 Å². The standard InChI is InChI=1S/C34H43N5O6/c1-5-28-31(36(3)23-40)30(25-13-15-27(16-14-25)39(43)44)32(29(6-2)35-28)38(24-41)20-10-19-37-21-17-34(18-22-37,33(42)45-4)26-11-8-7-9-12-26/h7-9,11-16,23-24,30-31H,5-6,10,17-22H2,1-4H3. The number of benzene rings is 2. The Labute approximate surface area is 264 Å². The molecule has 2 aromatic carbocycles. The van der Waals surface area contributed by atoms with E-state index in [4.69, 9.17) is 9.73 Å². The SMILES string of the molecule is CCC1=NC(CC)=C(N(C=O)CCCN2CCC(C(=O)OC)(c3ccccc3)CC2)C(c2ccc([N+](=O)[O-])cc2)C1N(C)C=O. The van der Waals surface area contributed by atoms with Crippen LogP contribution in [0, 0.1) is 10.1 Å². The number of nitro benzene ring substituents is 1. The summed E-state index contributed by atoms with van der Waals surface area (Å²) in [6, 6.07) is 15.7. The highest BCUT2D eigenvalue weighted by molar-refractivity contribution is 5.94. The average Bonchev–Trinajstić information content (AvgIpc) is 3.09. The molecule has 0 aromatic heterocycles. The van der Waals surface area contributed by atoms with Crippen LogP contribution >= 0.6 is 0 Å². The molecule has 2 heterocycles. The number of likely N-dealkylation sites (N-methyl/N-ethyl adjacent to an activating group) is 1. The van der Waals surface area contributed by atoms with Crippen molar-refractivity contribution in [2.45, 2.75) is 63.3 Å². The summed E-state index contributed by atoms with van der Waals surface area (Å²) in [4.78, 5) is 59.2. The Hall–Kier alpha value is -4.38. The molecule has 0 N–H and O–H groups in total. The largest absolute Gasteiger partial charge is 0.468 e. The zero-order chi connectivity index (χ0) is 32.6. The molecule has 2 amide bonds. The normalized spacial score (nSPS) is 19.8. The molecule has 0 radical (unpaired) electrons. The van der Waals surface area contributed by atoms with Gasteiger partial charge < -0.3 is 19.4 Å². The van der Waals surface area contributed by atoms with Crippen molar-refractivity contribution in [3.8, 4) is 0 Å². The molecule has 2 aliphatic rings. The monoisotopic (exact) mass is 617 g/mol. The van der Waals surface area contributed by atoms with Gasteiger partial charge in [0, 0.05) is 31.4 Å². The van der Waals surface area contributed by atoms with Crippen molar-refractivity contribution in [2.75, 3.05) is 40.3 Å². The number of nitro groups is 1. The first kappa shape index (κ1) is 33.5. The Morgan fingerprint density at radius 1 is 1.07 bits per heavy atom. The van der Waals surface area contributed by atoms with Gasteiger partial charge in [-0.25, -0.2) is 0 Å². The van der Waals surface area contributed by atoms with E-state index in [1.165, 1.54) is 19.2 Å². The minimum absolute atomic E-state index is 0.0299. The van der Waals surface area contributed by atoms with Crippen molar-refractivity contribution in [1.29, 1.82) is 0 Å². The number of allylic oxidation sites excluding steroid dienone is 1. The zero-order valence-corrected chi connectivity index (χ0v) is 26.6. The first-order chi connectivity index (χ1) is 21.7. The van der Waals surface area contributed by atoms with Crippen LogP contribution in [-0.4, -0.2) is 90.5 Å². The number of hydrogen-bond acceptors (Lipinski definition) is 8. The summed E-state index contributed by atoms with van der Waals surface area (Å²) in [6.07, 6.45) is 4.73. The topological polar surface area (TPSA) is 126 Å². The number of hydrogen-bond donors (Lipinski definition) is 0. The number of non-ortho nitro benzene ring substituents is 1. The third-order valence-corrected chi connectivity index (χ3v) is 9.21. The van der Waals surface area contributed by atoms with Gasteiger partial charge in [0.25, 0.3) is 5.69 Å². The fourth-order valence-electron chi connectivity index (χ4n) is 6.81. The predicted molar refractivity (Wildman–Crippen MR) is 172 cm³/mol. The minimum Gasteiger partial charge on any atom is -0.468 e. The lowest BCUT2D eigenvalue weighted by Crippen LogP contribution is -2.49. The summed E-state index contributed by atoms with van der Waals surface area (Å²) in [5.74, 6) is -0.647. The molecule has 2 aromatic rings. The second kappa shape index (κ2) is 15.1. The molecule has 11 nitrogen and oxygen atoms in total. The smallest absolute Gasteiger partial charge is 0.316 e. The molecular weight excluding hydrogens is 574 g/mol. The number of ether oxygens (including phenoxy) is 1. The first-order valence-electron chi connectivity index (χ1n) is 15.5. The molecule has 0 saturated carbocycles. The van der Waals surface area contributed by atoms with Crippen LogP contribution in [0.5, 0.6) is 0 Å². The summed E-state index contributed by atoms with van der Waals surface area (Å²) in [7, 11) is 3.13. The number of likely N-dealkylation sites (tertiary alicyclic amines) is 1. The third-order valence-electron chi connectivity index (χ3n) is 9.21. The Morgan fingerprint density at radius 3 is 2.27 bits per heavy atom. The highest BCUT2D eigenvalue weighted by Gasteiger charge is 2.44. The number of amides is 2. The van der Waals surface area contributed by atoms with Crippen molar-refractivity contribution in [1.82, 2.24) is 14.7 Å². The summed E-state index contributed by atoms with van der Waals surface area (Å²) >= 11 is 0. The van der Waals surface area contributed by atoms with Gasteiger partial charge in [0.2, 0.25) is 12.8 Å². The van der Waals surface area contributed by atoms with Gasteiger partial charge in [-0.1, -0.05) is 56.3 Å². The van der Waals surface area contributed by atoms with Gasteiger partial charge in [-0.3, -0.25) is 29.5 Å². The number of methoxy groups -OCH3 is 1. The lowest BCUT2D eigenvalue weighted by Gasteiger charge is -2.42. The van der Waals surface area contributed by atoms with E-state index in [1.807, 2.05) is 44.2 Å². The van der Waals surface area contributed by atoms with Crippen LogP contribution in [0.1, 0.15) is 63.0 Å². The third kappa shape index (κ3) is 6.98. The Kier molecular flexibility index (Phi) is 11.2. The second-order valence-corrected chi connectivity index (χ2v) is 11.6. The lowest BCUT2D eigenvalue weighted by atomic mass is 9.72. The minimum atomic E-state index is -0.670. The van der Waals surface area contributed by atoms with E-state index in [9.17, 15) is 24.5 Å². The van der Waals surface area contributed by atoms with Gasteiger partial charge in [-0.2, -0.15) is 0 Å². The molecule has 0 bridgehead atoms. The average molecular weight is 618 g/mol. The summed E-state index contributed by atoms with van der Waals surface area (Å²) in [6.45, 7) is 6.57. The van der Waals surface area contributed by atoms with E-state index in [2.05, 4.69) is 4.90 Å². The highest BCUT2D eigenvalue weighted by atomic mass is 16.6. The van der Waals surface area contributed by atoms with E-state index in [-0.39, 0.29) is 11.7 Å². The number of esters is 1. The fourth-order valence-corrected chi connectivity index (χ4v) is 6.81. The van der Waals surface area contributed by atoms with Crippen molar-refractivity contribution >= 4 is 30.2 Å². The van der Waals surface area contributed by atoms with Crippen molar-refractivity contribution in [3.05, 3.63) is 87.2 Å². The van der Waals surface area contributed by atoms with Crippen molar-refractivity contribution in [2.24, 2.45) is 4.99 Å². The van der Waals surface area contributed by atoms with Gasteiger partial charge in [0.1, 0.15) is 0 Å². The van der Waals surface area contributed by atoms with Gasteiger partial charge >= 0.3 is 5.97 Å². The summed E-state index contributed by atoms with van der Waals surface area (Å²) in [5.41, 5.74) is 3.34. The molecule has 1 fully saturated rings. The fraction of sp³-hybridized carbons (Fsp3) is 0.471. The van der Waals surface area contributed by atoms with Crippen LogP contribution in [0.4, 0.5) is 5.69 Å². The van der Waals surface area contributed by atoms with E-state index in [0.717, 1.165) is 55.0 Å². The number of carbonyl (C=O) groups excluding carboxylic acids is 3. The Morgan fingerprint density at radius 2 is 1.73 bits per heavy atom. The zero-order valence-electron chi connectivity index (χ0n) is 26.6. The Bertz CT molecular complexity index is 1420. The van der Waals surface area contributed by atoms with E-state index >= 15 is 0 Å². The molecule has 45 heavy (non-hydrogen) atoms. The molecule has 2 atom stereocenters. The van der Waals surface area contributed by atoms with Crippen LogP contribution in [0.3, 0.4) is 0 Å². The van der Waals surface area contributed by atoms with Crippen LogP contribution in [0.15, 0.2) is 71.0 Å². The number of carbonyl (C=O) groups is 3. The second-order valence-electron chi connectivity index (χ2n) is 11.6. The molecule has 0 aliphatic carbocycles. The van der Waals surface area contributed by atoms with Crippen LogP contribution in [0.2, 0.25) is 0 Å². The van der Waals surface area contributed by atoms with E-state index < -0.39 is 22.3 Å². The van der Waals surface area contributed by atoms with E-state index in [1.54, 1.807) is 29.0 Å². The first-order valence-corrected chi connectivity index (χ1v) is 15.5. The Balaban J connectivity index is 1.56. The maximum Gasteiger partial charge on any atom is 0.316 e. The molecule has 1 saturated heterocycles. The molecule has 11 heteroatoms. The molecule has 240 valence electrons. The maximum atomic E-state index is 13.0. The molecule has 0 spiro atoms. The van der Waals surface area contributed by atoms with Gasteiger partial charge in [0.15, 0.2) is 0 Å². The maximum absolute atomic E-state index is 13.0. The van der Waals surface area contributed by atoms with Crippen molar-refractivity contribution < 1.29 is 24.0 Å². The molecule has 2 unspecified atom stereocenters. The summed E-state index contributed by atoms with van der Waals surface area (Å²) in [5, 5.41) is 11.4. The van der Waals surface area contributed by atoms with Crippen molar-refractivity contribution in [3.63, 3.8) is 0 Å². The highest BCUT2D eigenvalue weighted by Crippen LogP contribution is 2.41. The van der Waals surface area contributed by atoms with Gasteiger partial charge in [-0.05, 0) is 62.9 Å². The lowest BCUT2D eigenvalue weighted by molar-refractivity contribution is -0.384. The molecular formula is C34H43N5O6. The number of piperidine rings is 1. The van der Waals surface area contributed by atoms with Gasteiger partial charge in [0.05, 0.1) is 40.8 Å². The summed E-state index contributed by atoms with van der Waals surface area (Å²) < 4.78 is 5.23. The number of rotatable bonds is 14. The van der Waals surface area contributed by atoms with Crippen LogP contribution in [-0.2, 0) is 24.5 Å². The predicted octanol–water partition coefficient (Wildman–Crippen LogP) is 4.68. The molecule has 2 aliphatic heterocycles. The number of nitrogens with zero attached hydrogens (tertiary/aromatic N) is 5. The van der Waals surface area contributed by atoms with Gasteiger partial charge in [-0.15, -0.1) is 0 Å². The number of aliphatic imine (C=N–C) groups is 1. The van der Waals surface area contributed by atoms with Crippen LogP contribution < -0.4 is 0 Å². The quantitative estimate of drug-likeness (QED) is 0.130. The molecule has 4 rings (SSSR count). The van der Waals surface area contributed by atoms with E-state index in [0.29, 0.717) is 44.3 Å².